The van der Waals surface area contributed by atoms with Gasteiger partial charge in [0.2, 0.25) is 5.91 Å². The van der Waals surface area contributed by atoms with Gasteiger partial charge in [0, 0.05) is 18.8 Å². The second kappa shape index (κ2) is 8.84. The number of rotatable bonds is 5. The van der Waals surface area contributed by atoms with Gasteiger partial charge in [0.05, 0.1) is 18.3 Å². The number of fused-ring (bicyclic) bond motifs is 1. The molecule has 2 aromatic rings. The number of benzene rings is 1. The maximum absolute atomic E-state index is 13.1. The molecule has 1 unspecified atom stereocenters. The zero-order valence-electron chi connectivity index (χ0n) is 16.3. The van der Waals surface area contributed by atoms with Crippen LogP contribution < -0.4 is 5.32 Å². The number of aryl methyl sites for hydroxylation is 2. The van der Waals surface area contributed by atoms with Gasteiger partial charge in [0.15, 0.2) is 0 Å². The third-order valence-electron chi connectivity index (χ3n) is 5.91. The number of likely N-dealkylation sites (tertiary alicyclic amines) is 1. The first-order chi connectivity index (χ1) is 13.7. The van der Waals surface area contributed by atoms with E-state index in [2.05, 4.69) is 16.3 Å². The van der Waals surface area contributed by atoms with Crippen LogP contribution in [0.1, 0.15) is 54.2 Å². The molecule has 28 heavy (non-hydrogen) atoms. The van der Waals surface area contributed by atoms with Gasteiger partial charge < -0.3 is 10.4 Å². The smallest absolute Gasteiger partial charge is 0.242 e. The van der Waals surface area contributed by atoms with Crippen molar-refractivity contribution in [3.8, 4) is 0 Å². The van der Waals surface area contributed by atoms with Gasteiger partial charge >= 0.3 is 0 Å². The van der Waals surface area contributed by atoms with E-state index in [1.165, 1.54) is 24.1 Å². The lowest BCUT2D eigenvalue weighted by Gasteiger charge is -2.35. The molecule has 0 bridgehead atoms. The van der Waals surface area contributed by atoms with Crippen molar-refractivity contribution in [2.24, 2.45) is 0 Å². The molecule has 1 aliphatic carbocycles. The Morgan fingerprint density at radius 2 is 1.86 bits per heavy atom. The van der Waals surface area contributed by atoms with Crippen LogP contribution in [0.5, 0.6) is 0 Å². The molecule has 1 amide bonds. The number of carbonyl (C=O) groups excluding carboxylic acids is 1. The molecule has 0 spiro atoms. The highest BCUT2D eigenvalue weighted by Crippen LogP contribution is 2.25. The number of amides is 1. The highest BCUT2D eigenvalue weighted by Gasteiger charge is 2.30. The molecule has 1 aliphatic heterocycles. The maximum atomic E-state index is 13.1. The van der Waals surface area contributed by atoms with E-state index in [0.717, 1.165) is 37.2 Å². The molecule has 1 saturated heterocycles. The summed E-state index contributed by atoms with van der Waals surface area (Å²) in [6, 6.07) is 13.8. The van der Waals surface area contributed by atoms with Crippen molar-refractivity contribution < 1.29 is 9.90 Å². The largest absolute Gasteiger partial charge is 0.393 e. The maximum Gasteiger partial charge on any atom is 0.242 e. The van der Waals surface area contributed by atoms with E-state index in [9.17, 15) is 9.90 Å². The summed E-state index contributed by atoms with van der Waals surface area (Å²) in [4.78, 5) is 20.1. The minimum Gasteiger partial charge on any atom is -0.393 e. The van der Waals surface area contributed by atoms with Crippen molar-refractivity contribution in [2.45, 2.75) is 57.2 Å². The summed E-state index contributed by atoms with van der Waals surface area (Å²) < 4.78 is 0. The Balaban J connectivity index is 1.46. The Labute approximate surface area is 166 Å². The summed E-state index contributed by atoms with van der Waals surface area (Å²) in [7, 11) is 0. The van der Waals surface area contributed by atoms with E-state index in [-0.39, 0.29) is 18.1 Å². The molecule has 2 aliphatic rings. The van der Waals surface area contributed by atoms with Crippen LogP contribution in [-0.4, -0.2) is 40.1 Å². The first kappa shape index (κ1) is 19.1. The second-order valence-electron chi connectivity index (χ2n) is 7.91. The molecule has 5 heteroatoms. The zero-order valence-corrected chi connectivity index (χ0v) is 16.3. The SMILES string of the molecule is O=C(NCc1ccc2c(n1)CCCC2)C(c1ccccc1)N1CCC(O)CC1. The molecule has 1 fully saturated rings. The summed E-state index contributed by atoms with van der Waals surface area (Å²) >= 11 is 0. The van der Waals surface area contributed by atoms with E-state index < -0.39 is 0 Å². The standard InChI is InChI=1S/C23H29N3O2/c27-20-12-14-26(15-13-20)22(18-7-2-1-3-8-18)23(28)24-16-19-11-10-17-6-4-5-9-21(17)25-19/h1-3,7-8,10-11,20,22,27H,4-6,9,12-16H2,(H,24,28). The van der Waals surface area contributed by atoms with Gasteiger partial charge in [-0.25, -0.2) is 0 Å². The van der Waals surface area contributed by atoms with Gasteiger partial charge in [-0.2, -0.15) is 0 Å². The van der Waals surface area contributed by atoms with Crippen LogP contribution in [0.25, 0.3) is 0 Å². The highest BCUT2D eigenvalue weighted by molar-refractivity contribution is 5.83. The van der Waals surface area contributed by atoms with Crippen LogP contribution >= 0.6 is 0 Å². The van der Waals surface area contributed by atoms with Gasteiger partial charge in [-0.05, 0) is 55.7 Å². The van der Waals surface area contributed by atoms with Crippen LogP contribution in [0.15, 0.2) is 42.5 Å². The third kappa shape index (κ3) is 4.42. The van der Waals surface area contributed by atoms with Gasteiger partial charge in [-0.15, -0.1) is 0 Å². The number of nitrogens with zero attached hydrogens (tertiary/aromatic N) is 2. The van der Waals surface area contributed by atoms with Gasteiger partial charge in [-0.1, -0.05) is 36.4 Å². The summed E-state index contributed by atoms with van der Waals surface area (Å²) in [5, 5.41) is 12.9. The number of nitrogens with one attached hydrogen (secondary N) is 1. The van der Waals surface area contributed by atoms with Crippen molar-refractivity contribution >= 4 is 5.91 Å². The highest BCUT2D eigenvalue weighted by atomic mass is 16.3. The number of aliphatic hydroxyl groups excluding tert-OH is 1. The fourth-order valence-electron chi connectivity index (χ4n) is 4.31. The number of hydrogen-bond donors (Lipinski definition) is 2. The van der Waals surface area contributed by atoms with E-state index >= 15 is 0 Å². The van der Waals surface area contributed by atoms with Crippen LogP contribution in [0.4, 0.5) is 0 Å². The lowest BCUT2D eigenvalue weighted by Crippen LogP contribution is -2.45. The fourth-order valence-corrected chi connectivity index (χ4v) is 4.31. The average molecular weight is 380 g/mol. The predicted octanol–water partition coefficient (Wildman–Crippen LogP) is 2.77. The molecule has 1 aromatic carbocycles. The van der Waals surface area contributed by atoms with E-state index in [1.54, 1.807) is 0 Å². The minimum absolute atomic E-state index is 0.00195. The number of aliphatic hydroxyl groups is 1. The average Bonchev–Trinajstić information content (AvgIpc) is 2.74. The Hall–Kier alpha value is -2.24. The molecule has 5 nitrogen and oxygen atoms in total. The first-order valence-electron chi connectivity index (χ1n) is 10.4. The molecule has 1 aromatic heterocycles. The molecule has 2 N–H and O–H groups in total. The fraction of sp³-hybridized carbons (Fsp3) is 0.478. The number of piperidine rings is 1. The quantitative estimate of drug-likeness (QED) is 0.838. The minimum atomic E-state index is -0.327. The van der Waals surface area contributed by atoms with E-state index in [1.807, 2.05) is 36.4 Å². The van der Waals surface area contributed by atoms with Gasteiger partial charge in [0.25, 0.3) is 0 Å². The molecule has 148 valence electrons. The first-order valence-corrected chi connectivity index (χ1v) is 10.4. The molecular weight excluding hydrogens is 350 g/mol. The molecule has 2 heterocycles. The zero-order chi connectivity index (χ0) is 19.3. The third-order valence-corrected chi connectivity index (χ3v) is 5.91. The Bertz CT molecular complexity index is 801. The van der Waals surface area contributed by atoms with E-state index in [0.29, 0.717) is 19.4 Å². The van der Waals surface area contributed by atoms with Crippen molar-refractivity contribution in [3.05, 3.63) is 65.0 Å². The number of pyridine rings is 1. The summed E-state index contributed by atoms with van der Waals surface area (Å²) in [5.41, 5.74) is 4.47. The second-order valence-corrected chi connectivity index (χ2v) is 7.91. The van der Waals surface area contributed by atoms with Gasteiger partial charge in [-0.3, -0.25) is 14.7 Å². The monoisotopic (exact) mass is 379 g/mol. The Morgan fingerprint density at radius 1 is 1.11 bits per heavy atom. The number of carbonyl (C=O) groups is 1. The molecular formula is C23H29N3O2. The Kier molecular flexibility index (Phi) is 6.03. The van der Waals surface area contributed by atoms with E-state index in [4.69, 9.17) is 4.98 Å². The normalized spacial score (nSPS) is 19.0. The molecule has 4 rings (SSSR count). The van der Waals surface area contributed by atoms with Crippen LogP contribution in [0.2, 0.25) is 0 Å². The summed E-state index contributed by atoms with van der Waals surface area (Å²) in [5.74, 6) is 0.00195. The lowest BCUT2D eigenvalue weighted by atomic mass is 9.96. The van der Waals surface area contributed by atoms with Crippen molar-refractivity contribution in [3.63, 3.8) is 0 Å². The van der Waals surface area contributed by atoms with Crippen molar-refractivity contribution in [1.29, 1.82) is 0 Å². The topological polar surface area (TPSA) is 65.5 Å². The van der Waals surface area contributed by atoms with Crippen LogP contribution in [0.3, 0.4) is 0 Å². The summed E-state index contributed by atoms with van der Waals surface area (Å²) in [6.45, 7) is 1.91. The van der Waals surface area contributed by atoms with Gasteiger partial charge in [0.1, 0.15) is 6.04 Å². The molecule has 0 saturated carbocycles. The lowest BCUT2D eigenvalue weighted by molar-refractivity contribution is -0.127. The predicted molar refractivity (Wildman–Crippen MR) is 109 cm³/mol. The number of aromatic nitrogens is 1. The van der Waals surface area contributed by atoms with Crippen LogP contribution in [0, 0.1) is 0 Å². The Morgan fingerprint density at radius 3 is 2.64 bits per heavy atom. The van der Waals surface area contributed by atoms with Crippen molar-refractivity contribution in [2.75, 3.05) is 13.1 Å². The molecule has 0 radical (unpaired) electrons. The molecule has 1 atom stereocenters. The van der Waals surface area contributed by atoms with Crippen LogP contribution in [-0.2, 0) is 24.2 Å². The number of hydrogen-bond acceptors (Lipinski definition) is 4. The summed E-state index contributed by atoms with van der Waals surface area (Å²) in [6.07, 6.45) is 5.77. The van der Waals surface area contributed by atoms with Crippen molar-refractivity contribution in [1.82, 2.24) is 15.2 Å².